The fourth-order valence-corrected chi connectivity index (χ4v) is 3.46. The van der Waals surface area contributed by atoms with Gasteiger partial charge < -0.3 is 9.84 Å². The Balaban J connectivity index is 1.66. The van der Waals surface area contributed by atoms with Crippen molar-refractivity contribution < 1.29 is 9.84 Å². The standard InChI is InChI=1S/C22H24N4O3/c27-19(15-25-11-13-29-14-12-25)16-26-22(28)23-20(17-7-3-1-4-8-17)21(24-26)18-9-5-2-6-10-18/h1-10,19,27H,11-16H2/t19-/m1/s1. The minimum atomic E-state index is -0.716. The second kappa shape index (κ2) is 9.09. The SMILES string of the molecule is O=c1nc(-c2ccccc2)c(-c2ccccc2)nn1C[C@H](O)CN1CCOCC1. The first-order valence-electron chi connectivity index (χ1n) is 9.79. The van der Waals surface area contributed by atoms with E-state index in [1.807, 2.05) is 60.7 Å². The molecule has 0 radical (unpaired) electrons. The summed E-state index contributed by atoms with van der Waals surface area (Å²) in [5.41, 5.74) is 2.40. The highest BCUT2D eigenvalue weighted by atomic mass is 16.5. The fraction of sp³-hybridized carbons (Fsp3) is 0.318. The number of benzene rings is 2. The molecule has 1 saturated heterocycles. The predicted molar refractivity (Wildman–Crippen MR) is 110 cm³/mol. The van der Waals surface area contributed by atoms with Crippen molar-refractivity contribution in [2.75, 3.05) is 32.8 Å². The number of β-amino-alcohol motifs (C(OH)–C–C–N with tert-alkyl or cyclic N) is 1. The molecule has 1 aromatic heterocycles. The number of aromatic nitrogens is 3. The normalized spacial score (nSPS) is 15.9. The molecule has 4 rings (SSSR count). The van der Waals surface area contributed by atoms with E-state index in [1.165, 1.54) is 4.68 Å². The second-order valence-corrected chi connectivity index (χ2v) is 7.07. The summed E-state index contributed by atoms with van der Waals surface area (Å²) in [4.78, 5) is 19.1. The molecule has 7 nitrogen and oxygen atoms in total. The quantitative estimate of drug-likeness (QED) is 0.687. The molecule has 1 aliphatic rings. The van der Waals surface area contributed by atoms with Crippen LogP contribution in [-0.4, -0.2) is 63.7 Å². The van der Waals surface area contributed by atoms with Gasteiger partial charge in [-0.2, -0.15) is 10.1 Å². The Kier molecular flexibility index (Phi) is 6.09. The van der Waals surface area contributed by atoms with Crippen LogP contribution in [0.3, 0.4) is 0 Å². The number of hydrogen-bond acceptors (Lipinski definition) is 6. The minimum absolute atomic E-state index is 0.0953. The molecule has 1 N–H and O–H groups in total. The van der Waals surface area contributed by atoms with Crippen LogP contribution in [0, 0.1) is 0 Å². The Hall–Kier alpha value is -2.87. The van der Waals surface area contributed by atoms with Gasteiger partial charge >= 0.3 is 5.69 Å². The van der Waals surface area contributed by atoms with Gasteiger partial charge in [0.15, 0.2) is 0 Å². The van der Waals surface area contributed by atoms with Gasteiger partial charge in [-0.25, -0.2) is 9.48 Å². The summed E-state index contributed by atoms with van der Waals surface area (Å²) in [5.74, 6) is 0. The number of rotatable bonds is 6. The zero-order valence-electron chi connectivity index (χ0n) is 16.1. The van der Waals surface area contributed by atoms with Crippen LogP contribution >= 0.6 is 0 Å². The highest BCUT2D eigenvalue weighted by Gasteiger charge is 2.19. The van der Waals surface area contributed by atoms with Gasteiger partial charge in [-0.15, -0.1) is 0 Å². The fourth-order valence-electron chi connectivity index (χ4n) is 3.46. The number of morpholine rings is 1. The van der Waals surface area contributed by atoms with E-state index in [-0.39, 0.29) is 6.54 Å². The molecule has 0 amide bonds. The topological polar surface area (TPSA) is 80.5 Å². The van der Waals surface area contributed by atoms with Crippen LogP contribution in [0.15, 0.2) is 65.5 Å². The average Bonchev–Trinajstić information content (AvgIpc) is 2.77. The van der Waals surface area contributed by atoms with Crippen molar-refractivity contribution in [1.29, 1.82) is 0 Å². The maximum atomic E-state index is 12.7. The lowest BCUT2D eigenvalue weighted by Crippen LogP contribution is -2.43. The van der Waals surface area contributed by atoms with Gasteiger partial charge in [-0.1, -0.05) is 60.7 Å². The third kappa shape index (κ3) is 4.76. The molecule has 7 heteroatoms. The van der Waals surface area contributed by atoms with Crippen LogP contribution < -0.4 is 5.69 Å². The maximum absolute atomic E-state index is 12.7. The molecule has 2 aromatic carbocycles. The van der Waals surface area contributed by atoms with Crippen LogP contribution in [0.2, 0.25) is 0 Å². The summed E-state index contributed by atoms with van der Waals surface area (Å²) in [6, 6.07) is 19.2. The van der Waals surface area contributed by atoms with E-state index in [0.717, 1.165) is 24.2 Å². The van der Waals surface area contributed by atoms with Crippen molar-refractivity contribution >= 4 is 0 Å². The number of aliphatic hydroxyl groups is 1. The van der Waals surface area contributed by atoms with Gasteiger partial charge in [-0.05, 0) is 0 Å². The molecule has 150 valence electrons. The molecule has 1 atom stereocenters. The summed E-state index contributed by atoms with van der Waals surface area (Å²) < 4.78 is 6.60. The Morgan fingerprint density at radius 1 is 0.897 bits per heavy atom. The van der Waals surface area contributed by atoms with Crippen molar-refractivity contribution in [3.05, 3.63) is 71.1 Å². The first kappa shape index (κ1) is 19.4. The summed E-state index contributed by atoms with van der Waals surface area (Å²) in [5, 5.41) is 15.1. The Bertz CT molecular complexity index is 986. The van der Waals surface area contributed by atoms with Crippen molar-refractivity contribution in [2.45, 2.75) is 12.6 Å². The molecule has 3 aromatic rings. The van der Waals surface area contributed by atoms with Crippen molar-refractivity contribution in [2.24, 2.45) is 0 Å². The highest BCUT2D eigenvalue weighted by molar-refractivity contribution is 5.77. The van der Waals surface area contributed by atoms with Crippen molar-refractivity contribution in [3.8, 4) is 22.5 Å². The van der Waals surface area contributed by atoms with Crippen LogP contribution in [-0.2, 0) is 11.3 Å². The molecule has 0 unspecified atom stereocenters. The van der Waals surface area contributed by atoms with Gasteiger partial charge in [0.2, 0.25) is 0 Å². The molecule has 0 bridgehead atoms. The Morgan fingerprint density at radius 3 is 2.10 bits per heavy atom. The molecule has 0 spiro atoms. The average molecular weight is 392 g/mol. The van der Waals surface area contributed by atoms with Crippen LogP contribution in [0.25, 0.3) is 22.5 Å². The van der Waals surface area contributed by atoms with Crippen molar-refractivity contribution in [1.82, 2.24) is 19.7 Å². The first-order valence-corrected chi connectivity index (χ1v) is 9.79. The summed E-state index contributed by atoms with van der Waals surface area (Å²) >= 11 is 0. The molecule has 0 saturated carbocycles. The van der Waals surface area contributed by atoms with E-state index < -0.39 is 11.8 Å². The minimum Gasteiger partial charge on any atom is -0.390 e. The Labute approximate surface area is 169 Å². The van der Waals surface area contributed by atoms with Crippen LogP contribution in [0.5, 0.6) is 0 Å². The summed E-state index contributed by atoms with van der Waals surface area (Å²) in [6.07, 6.45) is -0.716. The van der Waals surface area contributed by atoms with Gasteiger partial charge in [0.25, 0.3) is 0 Å². The first-order chi connectivity index (χ1) is 14.2. The smallest absolute Gasteiger partial charge is 0.364 e. The molecule has 1 fully saturated rings. The largest absolute Gasteiger partial charge is 0.390 e. The lowest BCUT2D eigenvalue weighted by atomic mass is 10.0. The molecule has 2 heterocycles. The maximum Gasteiger partial charge on any atom is 0.364 e. The van der Waals surface area contributed by atoms with E-state index in [4.69, 9.17) is 4.74 Å². The second-order valence-electron chi connectivity index (χ2n) is 7.07. The van der Waals surface area contributed by atoms with E-state index in [9.17, 15) is 9.90 Å². The number of nitrogens with zero attached hydrogens (tertiary/aromatic N) is 4. The van der Waals surface area contributed by atoms with Gasteiger partial charge in [0, 0.05) is 30.8 Å². The highest BCUT2D eigenvalue weighted by Crippen LogP contribution is 2.27. The molecular weight excluding hydrogens is 368 g/mol. The van der Waals surface area contributed by atoms with Crippen molar-refractivity contribution in [3.63, 3.8) is 0 Å². The van der Waals surface area contributed by atoms with E-state index in [1.54, 1.807) is 0 Å². The third-order valence-corrected chi connectivity index (χ3v) is 4.92. The lowest BCUT2D eigenvalue weighted by Gasteiger charge is -2.28. The van der Waals surface area contributed by atoms with Gasteiger partial charge in [0.1, 0.15) is 11.4 Å². The zero-order valence-corrected chi connectivity index (χ0v) is 16.1. The van der Waals surface area contributed by atoms with Gasteiger partial charge in [0.05, 0.1) is 25.9 Å². The molecule has 0 aliphatic carbocycles. The van der Waals surface area contributed by atoms with E-state index in [2.05, 4.69) is 15.0 Å². The Morgan fingerprint density at radius 2 is 1.48 bits per heavy atom. The van der Waals surface area contributed by atoms with Crippen LogP contribution in [0.4, 0.5) is 0 Å². The zero-order chi connectivity index (χ0) is 20.1. The summed E-state index contributed by atoms with van der Waals surface area (Å²) in [6.45, 7) is 3.45. The van der Waals surface area contributed by atoms with Crippen LogP contribution in [0.1, 0.15) is 0 Å². The number of ether oxygens (including phenoxy) is 1. The lowest BCUT2D eigenvalue weighted by molar-refractivity contribution is 0.0105. The summed E-state index contributed by atoms with van der Waals surface area (Å²) in [7, 11) is 0. The predicted octanol–water partition coefficient (Wildman–Crippen LogP) is 1.67. The monoisotopic (exact) mass is 392 g/mol. The van der Waals surface area contributed by atoms with E-state index in [0.29, 0.717) is 31.1 Å². The number of hydrogen-bond donors (Lipinski definition) is 1. The third-order valence-electron chi connectivity index (χ3n) is 4.92. The molecule has 1 aliphatic heterocycles. The molecular formula is C22H24N4O3. The van der Waals surface area contributed by atoms with Gasteiger partial charge in [-0.3, -0.25) is 4.90 Å². The molecule has 29 heavy (non-hydrogen) atoms. The van der Waals surface area contributed by atoms with E-state index >= 15 is 0 Å². The number of aliphatic hydroxyl groups excluding tert-OH is 1.